The van der Waals surface area contributed by atoms with Crippen LogP contribution in [0, 0.1) is 5.92 Å². The van der Waals surface area contributed by atoms with Gasteiger partial charge in [-0.05, 0) is 42.3 Å². The second-order valence-corrected chi connectivity index (χ2v) is 7.74. The van der Waals surface area contributed by atoms with Crippen molar-refractivity contribution in [1.82, 2.24) is 19.9 Å². The molecule has 1 fully saturated rings. The highest BCUT2D eigenvalue weighted by Gasteiger charge is 2.27. The predicted octanol–water partition coefficient (Wildman–Crippen LogP) is 3.74. The molecular formula is C19H21N5OS. The number of carbonyl (C=O) groups excluding carboxylic acids is 1. The summed E-state index contributed by atoms with van der Waals surface area (Å²) in [5.74, 6) is 1.02. The zero-order valence-electron chi connectivity index (χ0n) is 14.8. The summed E-state index contributed by atoms with van der Waals surface area (Å²) in [5, 5.41) is 5.26. The van der Waals surface area contributed by atoms with Gasteiger partial charge in [-0.2, -0.15) is 0 Å². The number of likely N-dealkylation sites (tertiary alicyclic amines) is 1. The zero-order chi connectivity index (χ0) is 18.1. The van der Waals surface area contributed by atoms with Gasteiger partial charge in [-0.1, -0.05) is 13.0 Å². The number of carbonyl (C=O) groups is 1. The van der Waals surface area contributed by atoms with Crippen molar-refractivity contribution in [3.8, 4) is 0 Å². The molecule has 1 aliphatic heterocycles. The second-order valence-electron chi connectivity index (χ2n) is 6.83. The van der Waals surface area contributed by atoms with Crippen LogP contribution in [0.5, 0.6) is 0 Å². The summed E-state index contributed by atoms with van der Waals surface area (Å²) in [7, 11) is 0. The molecule has 4 rings (SSSR count). The van der Waals surface area contributed by atoms with Crippen LogP contribution >= 0.6 is 11.3 Å². The third-order valence-corrected chi connectivity index (χ3v) is 5.66. The Kier molecular flexibility index (Phi) is 4.55. The maximum absolute atomic E-state index is 13.0. The van der Waals surface area contributed by atoms with Crippen LogP contribution < -0.4 is 5.32 Å². The van der Waals surface area contributed by atoms with Crippen molar-refractivity contribution in [2.24, 2.45) is 5.92 Å². The number of aromatic nitrogens is 3. The van der Waals surface area contributed by atoms with E-state index in [4.69, 9.17) is 0 Å². The number of rotatable bonds is 4. The van der Waals surface area contributed by atoms with Crippen molar-refractivity contribution in [1.29, 1.82) is 0 Å². The molecule has 3 aromatic rings. The molecule has 7 heteroatoms. The van der Waals surface area contributed by atoms with Gasteiger partial charge in [-0.3, -0.25) is 9.78 Å². The maximum atomic E-state index is 13.0. The zero-order valence-corrected chi connectivity index (χ0v) is 15.7. The van der Waals surface area contributed by atoms with Gasteiger partial charge in [-0.25, -0.2) is 9.97 Å². The minimum absolute atomic E-state index is 0.00119. The molecule has 134 valence electrons. The van der Waals surface area contributed by atoms with E-state index in [2.05, 4.69) is 27.2 Å². The summed E-state index contributed by atoms with van der Waals surface area (Å²) in [6.45, 7) is 5.80. The highest BCUT2D eigenvalue weighted by molar-refractivity contribution is 7.17. The highest BCUT2D eigenvalue weighted by Crippen LogP contribution is 2.27. The Balaban J connectivity index is 1.65. The molecule has 26 heavy (non-hydrogen) atoms. The largest absolute Gasteiger partial charge is 0.348 e. The van der Waals surface area contributed by atoms with Gasteiger partial charge in [0.1, 0.15) is 0 Å². The molecule has 1 amide bonds. The minimum Gasteiger partial charge on any atom is -0.348 e. The molecule has 0 bridgehead atoms. The van der Waals surface area contributed by atoms with Crippen molar-refractivity contribution in [2.45, 2.75) is 26.3 Å². The molecule has 1 aliphatic rings. The predicted molar refractivity (Wildman–Crippen MR) is 103 cm³/mol. The standard InChI is InChI=1S/C19H21N5OS/c1-12-5-8-24(11-12)18(25)16-17-15(6-9-26-17)22-19(23-16)21-13(2)14-4-3-7-20-10-14/h3-4,6-7,9-10,12-13H,5,8,11H2,1-2H3,(H,21,22,23)/t12-,13?/m0/s1. The van der Waals surface area contributed by atoms with Crippen LogP contribution in [0.4, 0.5) is 5.95 Å². The highest BCUT2D eigenvalue weighted by atomic mass is 32.1. The topological polar surface area (TPSA) is 71.0 Å². The van der Waals surface area contributed by atoms with E-state index >= 15 is 0 Å². The number of hydrogen-bond donors (Lipinski definition) is 1. The summed E-state index contributed by atoms with van der Waals surface area (Å²) in [6.07, 6.45) is 4.62. The van der Waals surface area contributed by atoms with Gasteiger partial charge in [0.2, 0.25) is 5.95 Å². The Labute approximate surface area is 156 Å². The van der Waals surface area contributed by atoms with Gasteiger partial charge in [0, 0.05) is 25.5 Å². The monoisotopic (exact) mass is 367 g/mol. The Morgan fingerprint density at radius 1 is 1.38 bits per heavy atom. The van der Waals surface area contributed by atoms with E-state index in [9.17, 15) is 4.79 Å². The molecule has 1 unspecified atom stereocenters. The first-order valence-corrected chi connectivity index (χ1v) is 9.71. The number of anilines is 1. The van der Waals surface area contributed by atoms with Gasteiger partial charge < -0.3 is 10.2 Å². The summed E-state index contributed by atoms with van der Waals surface area (Å²) in [6, 6.07) is 5.84. The van der Waals surface area contributed by atoms with Crippen molar-refractivity contribution in [3.05, 3.63) is 47.2 Å². The lowest BCUT2D eigenvalue weighted by Gasteiger charge is -2.18. The van der Waals surface area contributed by atoms with Crippen molar-refractivity contribution in [2.75, 3.05) is 18.4 Å². The molecule has 4 heterocycles. The number of nitrogens with zero attached hydrogens (tertiary/aromatic N) is 4. The first-order valence-electron chi connectivity index (χ1n) is 8.83. The Hall–Kier alpha value is -2.54. The molecule has 6 nitrogen and oxygen atoms in total. The smallest absolute Gasteiger partial charge is 0.274 e. The minimum atomic E-state index is -0.00505. The molecule has 0 aliphatic carbocycles. The van der Waals surface area contributed by atoms with E-state index in [0.717, 1.165) is 35.3 Å². The van der Waals surface area contributed by atoms with E-state index in [1.54, 1.807) is 6.20 Å². The van der Waals surface area contributed by atoms with E-state index in [1.165, 1.54) is 11.3 Å². The fraction of sp³-hybridized carbons (Fsp3) is 0.368. The average Bonchev–Trinajstić information content (AvgIpc) is 3.30. The number of thiophene rings is 1. The van der Waals surface area contributed by atoms with E-state index < -0.39 is 0 Å². The van der Waals surface area contributed by atoms with Crippen LogP contribution in [-0.4, -0.2) is 38.8 Å². The number of nitrogens with one attached hydrogen (secondary N) is 1. The number of amides is 1. The van der Waals surface area contributed by atoms with E-state index in [1.807, 2.05) is 41.6 Å². The fourth-order valence-electron chi connectivity index (χ4n) is 3.25. The van der Waals surface area contributed by atoms with Crippen LogP contribution in [0.15, 0.2) is 36.0 Å². The molecule has 0 aromatic carbocycles. The van der Waals surface area contributed by atoms with Gasteiger partial charge >= 0.3 is 0 Å². The lowest BCUT2D eigenvalue weighted by atomic mass is 10.1. The van der Waals surface area contributed by atoms with Crippen LogP contribution in [0.3, 0.4) is 0 Å². The first kappa shape index (κ1) is 16.9. The summed E-state index contributed by atoms with van der Waals surface area (Å²) in [5.41, 5.74) is 2.35. The average molecular weight is 367 g/mol. The molecule has 2 atom stereocenters. The Bertz CT molecular complexity index is 926. The SMILES string of the molecule is CC(Nc1nc(C(=O)N2CC[C@H](C)C2)c2sccc2n1)c1cccnc1. The number of hydrogen-bond acceptors (Lipinski definition) is 6. The van der Waals surface area contributed by atoms with E-state index in [-0.39, 0.29) is 11.9 Å². The second kappa shape index (κ2) is 6.99. The van der Waals surface area contributed by atoms with Crippen LogP contribution in [-0.2, 0) is 0 Å². The Morgan fingerprint density at radius 3 is 3.00 bits per heavy atom. The lowest BCUT2D eigenvalue weighted by Crippen LogP contribution is -2.29. The molecule has 0 saturated carbocycles. The van der Waals surface area contributed by atoms with Crippen molar-refractivity contribution >= 4 is 33.4 Å². The number of pyridine rings is 1. The number of fused-ring (bicyclic) bond motifs is 1. The molecular weight excluding hydrogens is 346 g/mol. The summed E-state index contributed by atoms with van der Waals surface area (Å²) >= 11 is 1.52. The summed E-state index contributed by atoms with van der Waals surface area (Å²) < 4.78 is 0.856. The molecule has 1 N–H and O–H groups in total. The summed E-state index contributed by atoms with van der Waals surface area (Å²) in [4.78, 5) is 28.2. The molecule has 0 radical (unpaired) electrons. The van der Waals surface area contributed by atoms with Crippen molar-refractivity contribution < 1.29 is 4.79 Å². The van der Waals surface area contributed by atoms with Crippen LogP contribution in [0.25, 0.3) is 10.2 Å². The normalized spacial score (nSPS) is 18.2. The Morgan fingerprint density at radius 2 is 2.27 bits per heavy atom. The maximum Gasteiger partial charge on any atom is 0.274 e. The molecule has 3 aromatic heterocycles. The van der Waals surface area contributed by atoms with Gasteiger partial charge in [0.15, 0.2) is 5.69 Å². The van der Waals surface area contributed by atoms with Crippen LogP contribution in [0.2, 0.25) is 0 Å². The van der Waals surface area contributed by atoms with Gasteiger partial charge in [-0.15, -0.1) is 11.3 Å². The molecule has 1 saturated heterocycles. The van der Waals surface area contributed by atoms with Crippen LogP contribution in [0.1, 0.15) is 42.4 Å². The third-order valence-electron chi connectivity index (χ3n) is 4.75. The quantitative estimate of drug-likeness (QED) is 0.760. The molecule has 0 spiro atoms. The fourth-order valence-corrected chi connectivity index (χ4v) is 4.06. The first-order chi connectivity index (χ1) is 12.6. The van der Waals surface area contributed by atoms with Gasteiger partial charge in [0.25, 0.3) is 5.91 Å². The van der Waals surface area contributed by atoms with Gasteiger partial charge in [0.05, 0.1) is 16.3 Å². The van der Waals surface area contributed by atoms with E-state index in [0.29, 0.717) is 17.6 Å². The lowest BCUT2D eigenvalue weighted by molar-refractivity contribution is 0.0784. The van der Waals surface area contributed by atoms with Crippen molar-refractivity contribution in [3.63, 3.8) is 0 Å². The third kappa shape index (κ3) is 3.26.